The van der Waals surface area contributed by atoms with Crippen LogP contribution in [0.4, 0.5) is 0 Å². The minimum atomic E-state index is -0.461. The van der Waals surface area contributed by atoms with E-state index in [1.165, 1.54) is 38.5 Å². The summed E-state index contributed by atoms with van der Waals surface area (Å²) in [6, 6.07) is 17.3. The Balaban J connectivity index is 1.20. The van der Waals surface area contributed by atoms with Crippen molar-refractivity contribution in [2.45, 2.75) is 51.5 Å². The predicted molar refractivity (Wildman–Crippen MR) is 120 cm³/mol. The highest BCUT2D eigenvalue weighted by Gasteiger charge is 2.53. The first-order valence-electron chi connectivity index (χ1n) is 11.6. The predicted octanol–water partition coefficient (Wildman–Crippen LogP) is 5.23. The van der Waals surface area contributed by atoms with Crippen molar-refractivity contribution < 1.29 is 14.3 Å². The van der Waals surface area contributed by atoms with Gasteiger partial charge < -0.3 is 10.1 Å². The van der Waals surface area contributed by atoms with Gasteiger partial charge in [0.1, 0.15) is 0 Å². The Bertz CT molecular complexity index is 932. The summed E-state index contributed by atoms with van der Waals surface area (Å²) in [4.78, 5) is 25.4. The number of hydrogen-bond donors (Lipinski definition) is 1. The van der Waals surface area contributed by atoms with Crippen LogP contribution in [0.3, 0.4) is 0 Å². The van der Waals surface area contributed by atoms with Gasteiger partial charge in [0.05, 0.1) is 5.56 Å². The molecule has 0 heterocycles. The molecule has 4 fully saturated rings. The molecule has 1 atom stereocenters. The molecule has 4 aliphatic carbocycles. The third kappa shape index (κ3) is 4.00. The molecule has 0 aromatic heterocycles. The highest BCUT2D eigenvalue weighted by molar-refractivity contribution is 5.98. The summed E-state index contributed by atoms with van der Waals surface area (Å²) in [7, 11) is 0. The van der Waals surface area contributed by atoms with Crippen LogP contribution in [0, 0.1) is 23.2 Å². The van der Waals surface area contributed by atoms with E-state index in [9.17, 15) is 9.59 Å². The summed E-state index contributed by atoms with van der Waals surface area (Å²) in [6.07, 6.45) is 7.88. The quantitative estimate of drug-likeness (QED) is 0.655. The van der Waals surface area contributed by atoms with Crippen LogP contribution in [-0.4, -0.2) is 24.5 Å². The van der Waals surface area contributed by atoms with E-state index in [1.54, 1.807) is 6.07 Å². The molecule has 162 valence electrons. The van der Waals surface area contributed by atoms with Crippen molar-refractivity contribution in [3.05, 3.63) is 60.2 Å². The van der Waals surface area contributed by atoms with Crippen molar-refractivity contribution in [1.82, 2.24) is 5.32 Å². The smallest absolute Gasteiger partial charge is 0.339 e. The molecule has 0 spiro atoms. The molecule has 4 aliphatic rings. The maximum Gasteiger partial charge on any atom is 0.339 e. The van der Waals surface area contributed by atoms with E-state index in [0.717, 1.165) is 28.9 Å². The van der Waals surface area contributed by atoms with Crippen LogP contribution in [0.5, 0.6) is 0 Å². The maximum atomic E-state index is 12.7. The van der Waals surface area contributed by atoms with Crippen LogP contribution < -0.4 is 5.32 Å². The molecule has 0 radical (unpaired) electrons. The van der Waals surface area contributed by atoms with Crippen LogP contribution in [0.15, 0.2) is 54.6 Å². The van der Waals surface area contributed by atoms with Gasteiger partial charge in [-0.2, -0.15) is 0 Å². The molecular formula is C27H31NO3. The van der Waals surface area contributed by atoms with Crippen LogP contribution in [0.1, 0.15) is 55.8 Å². The van der Waals surface area contributed by atoms with Crippen molar-refractivity contribution in [1.29, 1.82) is 0 Å². The van der Waals surface area contributed by atoms with Crippen molar-refractivity contribution in [3.63, 3.8) is 0 Å². The van der Waals surface area contributed by atoms with Gasteiger partial charge in [-0.25, -0.2) is 4.79 Å². The fourth-order valence-electron chi connectivity index (χ4n) is 6.88. The van der Waals surface area contributed by atoms with Crippen molar-refractivity contribution in [2.24, 2.45) is 23.2 Å². The molecule has 4 bridgehead atoms. The number of hydrogen-bond acceptors (Lipinski definition) is 3. The van der Waals surface area contributed by atoms with Gasteiger partial charge in [0.2, 0.25) is 0 Å². The standard InChI is InChI=1S/C27H31NO3/c1-18(27-14-19-11-20(15-27)13-21(12-19)16-27)28-25(29)17-31-26(30)24-10-6-5-9-23(24)22-7-3-2-4-8-22/h2-10,18-21H,11-17H2,1H3,(H,28,29)/t18-,19?,20?,21?,27?/m1/s1. The summed E-state index contributed by atoms with van der Waals surface area (Å²) >= 11 is 0. The largest absolute Gasteiger partial charge is 0.452 e. The van der Waals surface area contributed by atoms with Gasteiger partial charge in [0, 0.05) is 6.04 Å². The fraction of sp³-hybridized carbons (Fsp3) is 0.481. The summed E-state index contributed by atoms with van der Waals surface area (Å²) in [5.41, 5.74) is 2.50. The van der Waals surface area contributed by atoms with Gasteiger partial charge in [0.25, 0.3) is 5.91 Å². The lowest BCUT2D eigenvalue weighted by molar-refractivity contribution is -0.128. The topological polar surface area (TPSA) is 55.4 Å². The Morgan fingerprint density at radius 2 is 1.52 bits per heavy atom. The van der Waals surface area contributed by atoms with E-state index >= 15 is 0 Å². The SMILES string of the molecule is C[C@@H](NC(=O)COC(=O)c1ccccc1-c1ccccc1)C12CC3CC(CC(C3)C1)C2. The Hall–Kier alpha value is -2.62. The number of nitrogens with one attached hydrogen (secondary N) is 1. The van der Waals surface area contributed by atoms with Crippen molar-refractivity contribution >= 4 is 11.9 Å². The van der Waals surface area contributed by atoms with Crippen LogP contribution >= 0.6 is 0 Å². The van der Waals surface area contributed by atoms with Crippen LogP contribution in [0.25, 0.3) is 11.1 Å². The fourth-order valence-corrected chi connectivity index (χ4v) is 6.88. The molecule has 0 unspecified atom stereocenters. The number of ether oxygens (including phenoxy) is 1. The number of rotatable bonds is 6. The minimum Gasteiger partial charge on any atom is -0.452 e. The number of benzene rings is 2. The first-order valence-corrected chi connectivity index (χ1v) is 11.6. The van der Waals surface area contributed by atoms with E-state index in [-0.39, 0.29) is 24.0 Å². The minimum absolute atomic E-state index is 0.128. The van der Waals surface area contributed by atoms with Gasteiger partial charge in [0.15, 0.2) is 6.61 Å². The van der Waals surface area contributed by atoms with E-state index in [0.29, 0.717) is 5.56 Å². The van der Waals surface area contributed by atoms with Crippen LogP contribution in [0.2, 0.25) is 0 Å². The Morgan fingerprint density at radius 1 is 0.935 bits per heavy atom. The molecular weight excluding hydrogens is 386 g/mol. The van der Waals surface area contributed by atoms with Crippen molar-refractivity contribution in [2.75, 3.05) is 6.61 Å². The normalized spacial score (nSPS) is 29.4. The van der Waals surface area contributed by atoms with E-state index in [2.05, 4.69) is 12.2 Å². The molecule has 6 rings (SSSR count). The van der Waals surface area contributed by atoms with Crippen molar-refractivity contribution in [3.8, 4) is 11.1 Å². The van der Waals surface area contributed by atoms with Gasteiger partial charge >= 0.3 is 5.97 Å². The average molecular weight is 418 g/mol. The monoisotopic (exact) mass is 417 g/mol. The second-order valence-corrected chi connectivity index (χ2v) is 10.1. The number of esters is 1. The second kappa shape index (κ2) is 8.14. The number of carbonyl (C=O) groups excluding carboxylic acids is 2. The molecule has 1 N–H and O–H groups in total. The molecule has 4 saturated carbocycles. The third-order valence-electron chi connectivity index (χ3n) is 7.95. The van der Waals surface area contributed by atoms with E-state index < -0.39 is 5.97 Å². The third-order valence-corrected chi connectivity index (χ3v) is 7.95. The molecule has 4 nitrogen and oxygen atoms in total. The highest BCUT2D eigenvalue weighted by atomic mass is 16.5. The van der Waals surface area contributed by atoms with E-state index in [1.807, 2.05) is 48.5 Å². The zero-order valence-electron chi connectivity index (χ0n) is 18.2. The second-order valence-electron chi connectivity index (χ2n) is 10.1. The average Bonchev–Trinajstić information content (AvgIpc) is 2.77. The maximum absolute atomic E-state index is 12.7. The summed E-state index contributed by atoms with van der Waals surface area (Å²) < 4.78 is 5.42. The van der Waals surface area contributed by atoms with E-state index in [4.69, 9.17) is 4.74 Å². The lowest BCUT2D eigenvalue weighted by Crippen LogP contribution is -2.56. The van der Waals surface area contributed by atoms with Gasteiger partial charge in [-0.05, 0) is 85.8 Å². The molecule has 1 amide bonds. The zero-order valence-corrected chi connectivity index (χ0v) is 18.2. The lowest BCUT2D eigenvalue weighted by Gasteiger charge is -2.59. The highest BCUT2D eigenvalue weighted by Crippen LogP contribution is 2.61. The molecule has 4 heteroatoms. The zero-order chi connectivity index (χ0) is 21.4. The Kier molecular flexibility index (Phi) is 5.33. The van der Waals surface area contributed by atoms with Gasteiger partial charge in [-0.15, -0.1) is 0 Å². The lowest BCUT2D eigenvalue weighted by atomic mass is 9.48. The molecule has 31 heavy (non-hydrogen) atoms. The van der Waals surface area contributed by atoms with Crippen LogP contribution in [-0.2, 0) is 9.53 Å². The van der Waals surface area contributed by atoms with Gasteiger partial charge in [-0.1, -0.05) is 48.5 Å². The summed E-state index contributed by atoms with van der Waals surface area (Å²) in [6.45, 7) is 1.91. The molecule has 2 aromatic rings. The first kappa shape index (κ1) is 20.3. The first-order chi connectivity index (χ1) is 15.0. The summed E-state index contributed by atoms with van der Waals surface area (Å²) in [5.74, 6) is 1.87. The number of amides is 1. The van der Waals surface area contributed by atoms with Gasteiger partial charge in [-0.3, -0.25) is 4.79 Å². The molecule has 2 aromatic carbocycles. The number of carbonyl (C=O) groups is 2. The Labute approximate surface area is 184 Å². The molecule has 0 saturated heterocycles. The summed E-state index contributed by atoms with van der Waals surface area (Å²) in [5, 5.41) is 3.17. The Morgan fingerprint density at radius 3 is 2.16 bits per heavy atom. The molecule has 0 aliphatic heterocycles.